The van der Waals surface area contributed by atoms with Gasteiger partial charge in [0.1, 0.15) is 40.2 Å². The zero-order valence-electron chi connectivity index (χ0n) is 17.1. The van der Waals surface area contributed by atoms with Crippen LogP contribution in [0.2, 0.25) is 0 Å². The smallest absolute Gasteiger partial charge is 0.269 e. The minimum atomic E-state index is -0.842. The summed E-state index contributed by atoms with van der Waals surface area (Å²) in [6, 6.07) is 12.2. The van der Waals surface area contributed by atoms with Gasteiger partial charge in [-0.05, 0) is 42.5 Å². The highest BCUT2D eigenvalue weighted by atomic mass is 19.1. The lowest BCUT2D eigenvalue weighted by Gasteiger charge is -2.15. The fourth-order valence-corrected chi connectivity index (χ4v) is 2.97. The van der Waals surface area contributed by atoms with E-state index in [1.54, 1.807) is 30.3 Å². The number of aromatic nitrogens is 1. The van der Waals surface area contributed by atoms with E-state index in [2.05, 4.69) is 20.9 Å². The predicted molar refractivity (Wildman–Crippen MR) is 118 cm³/mol. The molecule has 1 aromatic heterocycles. The van der Waals surface area contributed by atoms with Gasteiger partial charge < -0.3 is 20.7 Å². The van der Waals surface area contributed by atoms with Gasteiger partial charge in [-0.2, -0.15) is 0 Å². The van der Waals surface area contributed by atoms with Crippen LogP contribution in [0.1, 0.15) is 10.5 Å². The summed E-state index contributed by atoms with van der Waals surface area (Å²) in [6.45, 7) is 0. The van der Waals surface area contributed by atoms with Crippen molar-refractivity contribution in [1.29, 1.82) is 0 Å². The number of carbonyl (C=O) groups is 1. The maximum absolute atomic E-state index is 13.9. The van der Waals surface area contributed by atoms with Gasteiger partial charge in [-0.25, -0.2) is 8.78 Å². The van der Waals surface area contributed by atoms with E-state index in [1.165, 1.54) is 19.3 Å². The van der Waals surface area contributed by atoms with E-state index in [4.69, 9.17) is 4.74 Å². The van der Waals surface area contributed by atoms with Crippen molar-refractivity contribution in [2.24, 2.45) is 0 Å². The molecule has 4 rings (SSSR count). The van der Waals surface area contributed by atoms with Gasteiger partial charge in [0.2, 0.25) is 0 Å². The van der Waals surface area contributed by atoms with Crippen LogP contribution in [0.25, 0.3) is 0 Å². The highest BCUT2D eigenvalue weighted by Crippen LogP contribution is 2.28. The molecular formula is C23H16F2N4O4. The average Bonchev–Trinajstić information content (AvgIpc) is 2.83. The van der Waals surface area contributed by atoms with Crippen molar-refractivity contribution in [2.45, 2.75) is 0 Å². The zero-order valence-corrected chi connectivity index (χ0v) is 17.1. The molecule has 166 valence electrons. The molecule has 33 heavy (non-hydrogen) atoms. The Morgan fingerprint density at radius 1 is 0.879 bits per heavy atom. The Hall–Kier alpha value is -4.60. The lowest BCUT2D eigenvalue weighted by atomic mass is 10.1. The fraction of sp³-hybridized carbons (Fsp3) is 0.0435. The number of benzene rings is 2. The Morgan fingerprint density at radius 3 is 2.27 bits per heavy atom. The van der Waals surface area contributed by atoms with Gasteiger partial charge in [-0.1, -0.05) is 0 Å². The Bertz CT molecular complexity index is 1410. The lowest BCUT2D eigenvalue weighted by Crippen LogP contribution is -2.35. The molecule has 0 atom stereocenters. The number of anilines is 4. The van der Waals surface area contributed by atoms with E-state index in [1.807, 2.05) is 0 Å². The fourth-order valence-electron chi connectivity index (χ4n) is 2.97. The summed E-state index contributed by atoms with van der Waals surface area (Å²) in [6.07, 6.45) is 1.44. The Labute approximate surface area is 185 Å². The monoisotopic (exact) mass is 450 g/mol. The van der Waals surface area contributed by atoms with Crippen molar-refractivity contribution < 1.29 is 18.3 Å². The topological polar surface area (TPSA) is 109 Å². The van der Waals surface area contributed by atoms with Crippen LogP contribution in [0, 0.1) is 11.6 Å². The summed E-state index contributed by atoms with van der Waals surface area (Å²) in [7, 11) is 1.49. The van der Waals surface area contributed by atoms with Crippen LogP contribution >= 0.6 is 0 Å². The van der Waals surface area contributed by atoms with Crippen LogP contribution in [0.3, 0.4) is 0 Å². The van der Waals surface area contributed by atoms with Crippen molar-refractivity contribution in [3.63, 3.8) is 0 Å². The molecule has 0 spiro atoms. The SMILES string of the molecule is CNC(=O)c1cc(Oc2ccc(Nc3c(Nc4cc(F)ccc4F)c(=O)c3=O)cc2)ccn1. The van der Waals surface area contributed by atoms with Gasteiger partial charge in [0.05, 0.1) is 5.69 Å². The second-order valence-electron chi connectivity index (χ2n) is 6.86. The molecular weight excluding hydrogens is 434 g/mol. The quantitative estimate of drug-likeness (QED) is 0.369. The molecule has 0 radical (unpaired) electrons. The molecule has 0 fully saturated rings. The van der Waals surface area contributed by atoms with Gasteiger partial charge in [-0.15, -0.1) is 0 Å². The second kappa shape index (κ2) is 8.87. The molecule has 1 amide bonds. The summed E-state index contributed by atoms with van der Waals surface area (Å²) in [5.41, 5.74) is -1.47. The van der Waals surface area contributed by atoms with E-state index < -0.39 is 22.5 Å². The normalized spacial score (nSPS) is 10.6. The molecule has 3 N–H and O–H groups in total. The maximum Gasteiger partial charge on any atom is 0.269 e. The molecule has 0 bridgehead atoms. The summed E-state index contributed by atoms with van der Waals surface area (Å²) < 4.78 is 33.0. The van der Waals surface area contributed by atoms with Crippen LogP contribution in [-0.2, 0) is 0 Å². The van der Waals surface area contributed by atoms with Gasteiger partial charge in [0.25, 0.3) is 16.8 Å². The average molecular weight is 450 g/mol. The third kappa shape index (κ3) is 4.54. The largest absolute Gasteiger partial charge is 0.457 e. The van der Waals surface area contributed by atoms with Crippen LogP contribution < -0.4 is 31.5 Å². The molecule has 0 saturated heterocycles. The van der Waals surface area contributed by atoms with Crippen molar-refractivity contribution in [1.82, 2.24) is 10.3 Å². The Kier molecular flexibility index (Phi) is 5.81. The molecule has 4 aromatic rings. The van der Waals surface area contributed by atoms with Crippen molar-refractivity contribution in [2.75, 3.05) is 17.7 Å². The minimum Gasteiger partial charge on any atom is -0.457 e. The van der Waals surface area contributed by atoms with Crippen LogP contribution in [0.4, 0.5) is 31.5 Å². The van der Waals surface area contributed by atoms with Gasteiger partial charge >= 0.3 is 0 Å². The van der Waals surface area contributed by atoms with Crippen LogP contribution in [-0.4, -0.2) is 17.9 Å². The first-order chi connectivity index (χ1) is 15.9. The van der Waals surface area contributed by atoms with E-state index in [-0.39, 0.29) is 28.7 Å². The summed E-state index contributed by atoms with van der Waals surface area (Å²) in [5.74, 6) is -0.974. The number of nitrogens with zero attached hydrogens (tertiary/aromatic N) is 1. The van der Waals surface area contributed by atoms with Gasteiger partial charge in [0.15, 0.2) is 0 Å². The highest BCUT2D eigenvalue weighted by Gasteiger charge is 2.22. The number of carbonyl (C=O) groups excluding carboxylic acids is 1. The number of nitrogens with one attached hydrogen (secondary N) is 3. The molecule has 1 heterocycles. The van der Waals surface area contributed by atoms with Crippen LogP contribution in [0.5, 0.6) is 11.5 Å². The zero-order chi connectivity index (χ0) is 23.5. The number of hydrogen-bond acceptors (Lipinski definition) is 7. The molecule has 0 saturated carbocycles. The first kappa shape index (κ1) is 21.6. The number of pyridine rings is 1. The van der Waals surface area contributed by atoms with E-state index in [0.717, 1.165) is 18.2 Å². The summed E-state index contributed by atoms with van der Waals surface area (Å²) in [5, 5.41) is 7.74. The molecule has 0 aliphatic heterocycles. The van der Waals surface area contributed by atoms with E-state index >= 15 is 0 Å². The van der Waals surface area contributed by atoms with Crippen molar-refractivity contribution >= 4 is 28.7 Å². The Morgan fingerprint density at radius 2 is 1.58 bits per heavy atom. The number of ether oxygens (including phenoxy) is 1. The summed E-state index contributed by atoms with van der Waals surface area (Å²) >= 11 is 0. The third-order valence-corrected chi connectivity index (χ3v) is 4.65. The lowest BCUT2D eigenvalue weighted by molar-refractivity contribution is 0.0958. The number of amides is 1. The van der Waals surface area contributed by atoms with Gasteiger partial charge in [-0.3, -0.25) is 19.4 Å². The van der Waals surface area contributed by atoms with E-state index in [9.17, 15) is 23.2 Å². The number of halogens is 2. The van der Waals surface area contributed by atoms with Crippen molar-refractivity contribution in [3.8, 4) is 11.5 Å². The van der Waals surface area contributed by atoms with E-state index in [0.29, 0.717) is 17.2 Å². The van der Waals surface area contributed by atoms with Crippen molar-refractivity contribution in [3.05, 3.63) is 98.6 Å². The number of hydrogen-bond donors (Lipinski definition) is 3. The molecule has 8 nitrogen and oxygen atoms in total. The Balaban J connectivity index is 1.49. The second-order valence-corrected chi connectivity index (χ2v) is 6.86. The standard InChI is InChI=1S/C23H16F2N4O4/c1-26-23(32)18-11-15(8-9-27-18)33-14-5-3-13(4-6-14)28-19-20(22(31)21(19)30)29-17-10-12(24)2-7-16(17)25/h2-11,28-29H,1H3,(H,26,32). The maximum atomic E-state index is 13.9. The predicted octanol–water partition coefficient (Wildman–Crippen LogP) is 3.59. The summed E-state index contributed by atoms with van der Waals surface area (Å²) in [4.78, 5) is 39.6. The molecule has 3 aromatic carbocycles. The third-order valence-electron chi connectivity index (χ3n) is 4.65. The van der Waals surface area contributed by atoms with Crippen LogP contribution in [0.15, 0.2) is 70.4 Å². The molecule has 10 heteroatoms. The first-order valence-corrected chi connectivity index (χ1v) is 9.64. The minimum absolute atomic E-state index is 0.0679. The molecule has 0 aliphatic carbocycles. The number of rotatable bonds is 7. The first-order valence-electron chi connectivity index (χ1n) is 9.64. The highest BCUT2D eigenvalue weighted by molar-refractivity contribution is 5.92. The molecule has 0 aliphatic rings. The van der Waals surface area contributed by atoms with Gasteiger partial charge in [0, 0.05) is 31.1 Å². The molecule has 0 unspecified atom stereocenters.